The molecular weight excluding hydrogens is 158 g/mol. The fourth-order valence-electron chi connectivity index (χ4n) is 0. The zero-order valence-electron chi connectivity index (χ0n) is 3.73. The topological polar surface area (TPSA) is 31.2 Å². The van der Waals surface area contributed by atoms with Gasteiger partial charge in [-0.3, -0.25) is 0 Å². The van der Waals surface area contributed by atoms with Gasteiger partial charge in [0.25, 0.3) is 0 Å². The van der Waals surface area contributed by atoms with Crippen LogP contribution in [0.5, 0.6) is 0 Å². The van der Waals surface area contributed by atoms with Crippen LogP contribution in [0.3, 0.4) is 0 Å². The molecule has 6 heavy (non-hydrogen) atoms. The molecule has 0 aromatic rings. The van der Waals surface area contributed by atoms with Crippen molar-refractivity contribution >= 4 is 5.91 Å². The van der Waals surface area contributed by atoms with Gasteiger partial charge in [-0.1, -0.05) is 0 Å². The molecule has 2 nitrogen and oxygen atoms in total. The van der Waals surface area contributed by atoms with Crippen molar-refractivity contribution in [3.05, 3.63) is 5.54 Å². The summed E-state index contributed by atoms with van der Waals surface area (Å²) in [7, 11) is 0. The number of rotatable bonds is 0. The summed E-state index contributed by atoms with van der Waals surface area (Å²) in [6.07, 6.45) is 0. The zero-order chi connectivity index (χ0) is 4.28. The Kier molecular flexibility index (Phi) is 10.6. The Balaban J connectivity index is 0. The Hall–Kier alpha value is 1.21. The van der Waals surface area contributed by atoms with Crippen molar-refractivity contribution in [1.82, 2.24) is 0 Å². The molecule has 0 aromatic heterocycles. The molecule has 0 unspecified atom stereocenters. The van der Waals surface area contributed by atoms with E-state index in [1.54, 1.807) is 5.54 Å². The molecule has 0 saturated carbocycles. The molecule has 0 atom stereocenters. The summed E-state index contributed by atoms with van der Waals surface area (Å²) in [5, 5.41) is 0. The molecule has 0 bridgehead atoms. The monoisotopic (exact) mass is 161 g/mol. The summed E-state index contributed by atoms with van der Waals surface area (Å²) < 4.78 is 10.4. The first-order valence-corrected chi connectivity index (χ1v) is 1.10. The summed E-state index contributed by atoms with van der Waals surface area (Å²) in [4.78, 5) is 9.27. The molecule has 0 aliphatic rings. The second kappa shape index (κ2) is 6.21. The Morgan fingerprint density at radius 2 is 2.00 bits per heavy atom. The second-order valence-corrected chi connectivity index (χ2v) is 0.604. The first-order valence-electron chi connectivity index (χ1n) is 1.10. The van der Waals surface area contributed by atoms with Crippen molar-refractivity contribution in [2.24, 2.45) is 0 Å². The summed E-state index contributed by atoms with van der Waals surface area (Å²) >= 11 is 0. The molecule has 0 aromatic carbocycles. The largest absolute Gasteiger partial charge is 1.00 e. The summed E-state index contributed by atoms with van der Waals surface area (Å²) in [6, 6.07) is 0. The second-order valence-electron chi connectivity index (χ2n) is 0.604. The first kappa shape index (κ1) is 10.2. The summed E-state index contributed by atoms with van der Waals surface area (Å²) in [5.74, 6) is -0.787. The SMILES string of the molecule is CC(=O)[N-]F.[Rb+]. The number of nitrogens with zero attached hydrogens (tertiary/aromatic N) is 1. The maximum absolute atomic E-state index is 10.4. The molecule has 0 fully saturated rings. The fourth-order valence-corrected chi connectivity index (χ4v) is 0. The molecule has 0 saturated heterocycles. The minimum Gasteiger partial charge on any atom is -0.490 e. The van der Waals surface area contributed by atoms with Crippen molar-refractivity contribution in [2.75, 3.05) is 0 Å². The van der Waals surface area contributed by atoms with Crippen LogP contribution in [0.4, 0.5) is 4.48 Å². The Morgan fingerprint density at radius 1 is 1.83 bits per heavy atom. The molecule has 0 radical (unpaired) electrons. The molecule has 30 valence electrons. The average Bonchev–Trinajstić information content (AvgIpc) is 1.38. The van der Waals surface area contributed by atoms with Gasteiger partial charge in [-0.2, -0.15) is 0 Å². The van der Waals surface area contributed by atoms with Gasteiger partial charge >= 0.3 is 58.2 Å². The van der Waals surface area contributed by atoms with Gasteiger partial charge in [0.2, 0.25) is 0 Å². The molecular formula is C2H3FNORb. The van der Waals surface area contributed by atoms with E-state index in [0.717, 1.165) is 6.92 Å². The normalized spacial score (nSPS) is 5.67. The van der Waals surface area contributed by atoms with Gasteiger partial charge in [0.1, 0.15) is 0 Å². The number of carbonyl (C=O) groups is 1. The third-order valence-corrected chi connectivity index (χ3v) is 0.119. The van der Waals surface area contributed by atoms with Crippen LogP contribution in [0.25, 0.3) is 5.54 Å². The third kappa shape index (κ3) is 8.96. The quantitative estimate of drug-likeness (QED) is 0.397. The third-order valence-electron chi connectivity index (χ3n) is 0.119. The van der Waals surface area contributed by atoms with E-state index >= 15 is 0 Å². The smallest absolute Gasteiger partial charge is 0.490 e. The predicted octanol–water partition coefficient (Wildman–Crippen LogP) is -2.20. The van der Waals surface area contributed by atoms with Crippen LogP contribution >= 0.6 is 0 Å². The molecule has 0 spiro atoms. The van der Waals surface area contributed by atoms with Crippen LogP contribution < -0.4 is 58.2 Å². The van der Waals surface area contributed by atoms with Crippen LogP contribution in [0.1, 0.15) is 6.92 Å². The van der Waals surface area contributed by atoms with E-state index in [-0.39, 0.29) is 58.2 Å². The number of amides is 1. The molecule has 0 aliphatic heterocycles. The molecule has 0 N–H and O–H groups in total. The Labute approximate surface area is 84.2 Å². The van der Waals surface area contributed by atoms with Crippen molar-refractivity contribution in [3.8, 4) is 0 Å². The Bertz CT molecular complexity index is 48.8. The van der Waals surface area contributed by atoms with E-state index in [0.29, 0.717) is 0 Å². The van der Waals surface area contributed by atoms with Crippen LogP contribution in [0.2, 0.25) is 0 Å². The molecule has 0 rings (SSSR count). The van der Waals surface area contributed by atoms with Crippen LogP contribution in [0, 0.1) is 0 Å². The first-order chi connectivity index (χ1) is 2.27. The molecule has 1 amide bonds. The molecule has 4 heteroatoms. The Morgan fingerprint density at radius 3 is 2.00 bits per heavy atom. The van der Waals surface area contributed by atoms with Crippen LogP contribution in [-0.4, -0.2) is 5.91 Å². The van der Waals surface area contributed by atoms with E-state index in [1.807, 2.05) is 0 Å². The minimum absolute atomic E-state index is 0. The number of hydrogen-bond donors (Lipinski definition) is 0. The number of carbonyl (C=O) groups excluding carboxylic acids is 1. The van der Waals surface area contributed by atoms with Crippen molar-refractivity contribution in [1.29, 1.82) is 0 Å². The van der Waals surface area contributed by atoms with Crippen LogP contribution in [-0.2, 0) is 4.79 Å². The van der Waals surface area contributed by atoms with E-state index in [2.05, 4.69) is 0 Å². The van der Waals surface area contributed by atoms with Gasteiger partial charge in [-0.25, -0.2) is 0 Å². The van der Waals surface area contributed by atoms with E-state index in [9.17, 15) is 9.28 Å². The number of hydrogen-bond acceptors (Lipinski definition) is 1. The molecule has 0 aliphatic carbocycles. The van der Waals surface area contributed by atoms with Crippen LogP contribution in [0.15, 0.2) is 0 Å². The predicted molar refractivity (Wildman–Crippen MR) is 15.1 cm³/mol. The summed E-state index contributed by atoms with van der Waals surface area (Å²) in [6.45, 7) is 1.04. The van der Waals surface area contributed by atoms with E-state index in [4.69, 9.17) is 0 Å². The maximum atomic E-state index is 10.4. The van der Waals surface area contributed by atoms with E-state index < -0.39 is 5.91 Å². The van der Waals surface area contributed by atoms with Gasteiger partial charge in [0.15, 0.2) is 0 Å². The van der Waals surface area contributed by atoms with Crippen molar-refractivity contribution in [2.45, 2.75) is 6.92 Å². The maximum Gasteiger partial charge on any atom is 1.00 e. The van der Waals surface area contributed by atoms with Gasteiger partial charge in [-0.15, -0.1) is 0 Å². The zero-order valence-corrected chi connectivity index (χ0v) is 8.65. The van der Waals surface area contributed by atoms with E-state index in [1.165, 1.54) is 0 Å². The van der Waals surface area contributed by atoms with Gasteiger partial charge in [0, 0.05) is 0 Å². The number of halogens is 1. The van der Waals surface area contributed by atoms with Gasteiger partial charge < -0.3 is 14.8 Å². The average molecular weight is 162 g/mol. The summed E-state index contributed by atoms with van der Waals surface area (Å²) in [5.41, 5.74) is 1.75. The minimum atomic E-state index is -0.787. The molecule has 0 heterocycles. The van der Waals surface area contributed by atoms with Crippen molar-refractivity contribution < 1.29 is 67.5 Å². The van der Waals surface area contributed by atoms with Crippen molar-refractivity contribution in [3.63, 3.8) is 0 Å². The standard InChI is InChI=1S/C2H4FNO.Rb/c1-2(5)4-3;/h1H3,(H,4,5);/q;+1/p-1. The van der Waals surface area contributed by atoms with Gasteiger partial charge in [-0.05, 0) is 6.92 Å². The fraction of sp³-hybridized carbons (Fsp3) is 0.500. The van der Waals surface area contributed by atoms with Gasteiger partial charge in [0.05, 0.1) is 5.91 Å².